The number of halogens is 1. The maximum Gasteiger partial charge on any atom is 0.146 e. The van der Waals surface area contributed by atoms with E-state index in [0.717, 1.165) is 26.2 Å². The minimum atomic E-state index is -0.819. The lowest BCUT2D eigenvalue weighted by atomic mass is 10.1. The molecule has 4 nitrogen and oxygen atoms in total. The Bertz CT molecular complexity index is 473. The monoisotopic (exact) mass is 262 g/mol. The number of anilines is 1. The number of benzene rings is 1. The molecule has 0 radical (unpaired) electrons. The standard InChI is InChI=1S/C14H19FN4/c1-14(17,10-16)11-18-6-8-19(9-7-18)13-5-3-2-4-12(13)15/h2-5H,6-9,11,17H2,1H3. The summed E-state index contributed by atoms with van der Waals surface area (Å²) in [4.78, 5) is 4.19. The Morgan fingerprint density at radius 2 is 1.95 bits per heavy atom. The van der Waals surface area contributed by atoms with E-state index in [2.05, 4.69) is 11.0 Å². The predicted molar refractivity (Wildman–Crippen MR) is 73.3 cm³/mol. The molecule has 0 amide bonds. The predicted octanol–water partition coefficient (Wildman–Crippen LogP) is 1.19. The average Bonchev–Trinajstić information content (AvgIpc) is 2.40. The number of para-hydroxylation sites is 1. The summed E-state index contributed by atoms with van der Waals surface area (Å²) in [6.07, 6.45) is 0. The Labute approximate surface area is 113 Å². The van der Waals surface area contributed by atoms with Crippen molar-refractivity contribution in [3.8, 4) is 6.07 Å². The molecule has 0 bridgehead atoms. The van der Waals surface area contributed by atoms with E-state index in [1.54, 1.807) is 19.1 Å². The van der Waals surface area contributed by atoms with E-state index in [-0.39, 0.29) is 5.82 Å². The summed E-state index contributed by atoms with van der Waals surface area (Å²) in [6, 6.07) is 8.92. The van der Waals surface area contributed by atoms with Crippen LogP contribution < -0.4 is 10.6 Å². The highest BCUT2D eigenvalue weighted by Gasteiger charge is 2.25. The van der Waals surface area contributed by atoms with Crippen LogP contribution in [0.3, 0.4) is 0 Å². The summed E-state index contributed by atoms with van der Waals surface area (Å²) in [7, 11) is 0. The average molecular weight is 262 g/mol. The first-order valence-corrected chi connectivity index (χ1v) is 6.44. The second-order valence-electron chi connectivity index (χ2n) is 5.24. The van der Waals surface area contributed by atoms with E-state index in [0.29, 0.717) is 12.2 Å². The summed E-state index contributed by atoms with van der Waals surface area (Å²) in [5, 5.41) is 8.93. The van der Waals surface area contributed by atoms with E-state index in [1.165, 1.54) is 6.07 Å². The van der Waals surface area contributed by atoms with Gasteiger partial charge < -0.3 is 10.6 Å². The minimum Gasteiger partial charge on any atom is -0.367 e. The largest absolute Gasteiger partial charge is 0.367 e. The van der Waals surface area contributed by atoms with E-state index in [1.807, 2.05) is 11.0 Å². The van der Waals surface area contributed by atoms with Crippen molar-refractivity contribution in [1.82, 2.24) is 4.90 Å². The van der Waals surface area contributed by atoms with E-state index < -0.39 is 5.54 Å². The number of piperazine rings is 1. The van der Waals surface area contributed by atoms with Crippen molar-refractivity contribution in [2.75, 3.05) is 37.6 Å². The molecule has 1 aliphatic heterocycles. The van der Waals surface area contributed by atoms with Gasteiger partial charge in [-0.05, 0) is 19.1 Å². The molecule has 1 unspecified atom stereocenters. The molecule has 19 heavy (non-hydrogen) atoms. The second kappa shape index (κ2) is 5.55. The molecule has 1 fully saturated rings. The first-order chi connectivity index (χ1) is 9.02. The van der Waals surface area contributed by atoms with Gasteiger partial charge in [0, 0.05) is 32.7 Å². The molecule has 2 N–H and O–H groups in total. The summed E-state index contributed by atoms with van der Waals surface area (Å²) in [5.41, 5.74) is 5.67. The summed E-state index contributed by atoms with van der Waals surface area (Å²) in [6.45, 7) is 5.38. The number of hydrogen-bond acceptors (Lipinski definition) is 4. The first kappa shape index (κ1) is 13.8. The third kappa shape index (κ3) is 3.43. The van der Waals surface area contributed by atoms with Gasteiger partial charge in [-0.15, -0.1) is 0 Å². The van der Waals surface area contributed by atoms with Gasteiger partial charge in [-0.25, -0.2) is 4.39 Å². The molecule has 1 aromatic carbocycles. The van der Waals surface area contributed by atoms with E-state index >= 15 is 0 Å². The molecule has 1 atom stereocenters. The number of nitrogens with two attached hydrogens (primary N) is 1. The molecule has 102 valence electrons. The zero-order valence-corrected chi connectivity index (χ0v) is 11.1. The van der Waals surface area contributed by atoms with E-state index in [4.69, 9.17) is 11.0 Å². The molecular weight excluding hydrogens is 243 g/mol. The fourth-order valence-electron chi connectivity index (χ4n) is 2.35. The van der Waals surface area contributed by atoms with Crippen LogP contribution in [0.5, 0.6) is 0 Å². The Hall–Kier alpha value is -1.64. The lowest BCUT2D eigenvalue weighted by Gasteiger charge is -2.38. The molecular formula is C14H19FN4. The lowest BCUT2D eigenvalue weighted by molar-refractivity contribution is 0.227. The summed E-state index contributed by atoms with van der Waals surface area (Å²) in [5.74, 6) is -0.184. The highest BCUT2D eigenvalue weighted by Crippen LogP contribution is 2.20. The topological polar surface area (TPSA) is 56.3 Å². The van der Waals surface area contributed by atoms with Crippen molar-refractivity contribution in [2.45, 2.75) is 12.5 Å². The van der Waals surface area contributed by atoms with Crippen molar-refractivity contribution >= 4 is 5.69 Å². The van der Waals surface area contributed by atoms with Gasteiger partial charge in [0.15, 0.2) is 0 Å². The van der Waals surface area contributed by atoms with Crippen LogP contribution in [-0.4, -0.2) is 43.2 Å². The quantitative estimate of drug-likeness (QED) is 0.889. The van der Waals surface area contributed by atoms with Gasteiger partial charge in [0.25, 0.3) is 0 Å². The van der Waals surface area contributed by atoms with Gasteiger partial charge in [-0.2, -0.15) is 5.26 Å². The SMILES string of the molecule is CC(N)(C#N)CN1CCN(c2ccccc2F)CC1. The van der Waals surface area contributed by atoms with Crippen LogP contribution in [0.25, 0.3) is 0 Å². The molecule has 1 aliphatic rings. The van der Waals surface area contributed by atoms with Crippen molar-refractivity contribution in [3.63, 3.8) is 0 Å². The third-order valence-corrected chi connectivity index (χ3v) is 3.37. The van der Waals surface area contributed by atoms with Gasteiger partial charge in [0.2, 0.25) is 0 Å². The third-order valence-electron chi connectivity index (χ3n) is 3.37. The molecule has 5 heteroatoms. The van der Waals surface area contributed by atoms with Crippen LogP contribution in [0.1, 0.15) is 6.92 Å². The summed E-state index contributed by atoms with van der Waals surface area (Å²) < 4.78 is 13.7. The van der Waals surface area contributed by atoms with Gasteiger partial charge in [0.1, 0.15) is 11.4 Å². The smallest absolute Gasteiger partial charge is 0.146 e. The molecule has 1 aromatic rings. The van der Waals surface area contributed by atoms with Gasteiger partial charge in [0.05, 0.1) is 11.8 Å². The fourth-order valence-corrected chi connectivity index (χ4v) is 2.35. The molecule has 1 heterocycles. The Balaban J connectivity index is 1.93. The maximum atomic E-state index is 13.7. The lowest BCUT2D eigenvalue weighted by Crippen LogP contribution is -2.53. The molecule has 0 spiro atoms. The number of nitriles is 1. The van der Waals surface area contributed by atoms with Crippen LogP contribution in [0.15, 0.2) is 24.3 Å². The number of rotatable bonds is 3. The normalized spacial score (nSPS) is 19.8. The zero-order valence-electron chi connectivity index (χ0n) is 11.1. The Kier molecular flexibility index (Phi) is 4.03. The van der Waals surface area contributed by atoms with Gasteiger partial charge in [-0.3, -0.25) is 4.90 Å². The minimum absolute atomic E-state index is 0.184. The van der Waals surface area contributed by atoms with E-state index in [9.17, 15) is 4.39 Å². The molecule has 2 rings (SSSR count). The van der Waals surface area contributed by atoms with Gasteiger partial charge >= 0.3 is 0 Å². The molecule has 0 aromatic heterocycles. The van der Waals surface area contributed by atoms with Crippen LogP contribution in [0.2, 0.25) is 0 Å². The second-order valence-corrected chi connectivity index (χ2v) is 5.24. The highest BCUT2D eigenvalue weighted by molar-refractivity contribution is 5.48. The highest BCUT2D eigenvalue weighted by atomic mass is 19.1. The fraction of sp³-hybridized carbons (Fsp3) is 0.500. The van der Waals surface area contributed by atoms with Gasteiger partial charge in [-0.1, -0.05) is 12.1 Å². The van der Waals surface area contributed by atoms with Crippen LogP contribution in [0, 0.1) is 17.1 Å². The van der Waals surface area contributed by atoms with Crippen LogP contribution in [-0.2, 0) is 0 Å². The maximum absolute atomic E-state index is 13.7. The van der Waals surface area contributed by atoms with Crippen molar-refractivity contribution in [2.24, 2.45) is 5.73 Å². The zero-order chi connectivity index (χ0) is 13.9. The van der Waals surface area contributed by atoms with Crippen LogP contribution >= 0.6 is 0 Å². The Morgan fingerprint density at radius 3 is 2.53 bits per heavy atom. The molecule has 0 aliphatic carbocycles. The van der Waals surface area contributed by atoms with Crippen molar-refractivity contribution < 1.29 is 4.39 Å². The number of hydrogen-bond donors (Lipinski definition) is 1. The molecule has 1 saturated heterocycles. The van der Waals surface area contributed by atoms with Crippen molar-refractivity contribution in [3.05, 3.63) is 30.1 Å². The van der Waals surface area contributed by atoms with Crippen LogP contribution in [0.4, 0.5) is 10.1 Å². The molecule has 0 saturated carbocycles. The summed E-state index contributed by atoms with van der Waals surface area (Å²) >= 11 is 0. The first-order valence-electron chi connectivity index (χ1n) is 6.44. The Morgan fingerprint density at radius 1 is 1.32 bits per heavy atom. The van der Waals surface area contributed by atoms with Crippen molar-refractivity contribution in [1.29, 1.82) is 5.26 Å². The number of nitrogens with zero attached hydrogens (tertiary/aromatic N) is 3.